The third kappa shape index (κ3) is 4.28. The Balaban J connectivity index is 1.43. The molecule has 3 rings (SSSR count). The molecule has 0 bridgehead atoms. The van der Waals surface area contributed by atoms with Crippen LogP contribution in [0.25, 0.3) is 5.65 Å². The molecule has 0 amide bonds. The highest BCUT2D eigenvalue weighted by atomic mass is 16.5. The van der Waals surface area contributed by atoms with Crippen LogP contribution in [0.15, 0.2) is 53.5 Å². The summed E-state index contributed by atoms with van der Waals surface area (Å²) in [6, 6.07) is 13.6. The van der Waals surface area contributed by atoms with Crippen LogP contribution in [-0.2, 0) is 6.54 Å². The van der Waals surface area contributed by atoms with Crippen LogP contribution in [0, 0.1) is 6.92 Å². The number of ether oxygens (including phenoxy) is 1. The summed E-state index contributed by atoms with van der Waals surface area (Å²) in [6.45, 7) is 5.00. The molecule has 0 atom stereocenters. The fraction of sp³-hybridized carbons (Fsp3) is 0.368. The van der Waals surface area contributed by atoms with Gasteiger partial charge in [-0.2, -0.15) is 0 Å². The lowest BCUT2D eigenvalue weighted by atomic mass is 10.2. The van der Waals surface area contributed by atoms with Crippen LogP contribution in [0.3, 0.4) is 0 Å². The molecule has 0 saturated heterocycles. The maximum atomic E-state index is 12.2. The van der Waals surface area contributed by atoms with Crippen molar-refractivity contribution >= 4 is 5.65 Å². The van der Waals surface area contributed by atoms with Gasteiger partial charge in [0.15, 0.2) is 5.65 Å². The molecule has 1 aromatic carbocycles. The molecule has 0 fully saturated rings. The summed E-state index contributed by atoms with van der Waals surface area (Å²) < 4.78 is 8.90. The van der Waals surface area contributed by atoms with E-state index in [1.165, 1.54) is 4.68 Å². The summed E-state index contributed by atoms with van der Waals surface area (Å²) in [4.78, 5) is 14.4. The van der Waals surface area contributed by atoms with Crippen molar-refractivity contribution < 1.29 is 4.74 Å². The van der Waals surface area contributed by atoms with Gasteiger partial charge >= 0.3 is 5.69 Å². The number of hydrogen-bond acceptors (Lipinski definition) is 4. The van der Waals surface area contributed by atoms with E-state index in [1.54, 1.807) is 10.6 Å². The third-order valence-corrected chi connectivity index (χ3v) is 4.22. The largest absolute Gasteiger partial charge is 0.493 e. The fourth-order valence-corrected chi connectivity index (χ4v) is 2.73. The Morgan fingerprint density at radius 1 is 1.12 bits per heavy atom. The van der Waals surface area contributed by atoms with Crippen LogP contribution >= 0.6 is 0 Å². The number of pyridine rings is 1. The van der Waals surface area contributed by atoms with Gasteiger partial charge in [0.05, 0.1) is 13.2 Å². The van der Waals surface area contributed by atoms with Crippen LogP contribution in [0.5, 0.6) is 5.75 Å². The van der Waals surface area contributed by atoms with Gasteiger partial charge in [-0.25, -0.2) is 9.48 Å². The normalized spacial score (nSPS) is 11.3. The summed E-state index contributed by atoms with van der Waals surface area (Å²) >= 11 is 0. The van der Waals surface area contributed by atoms with E-state index in [9.17, 15) is 4.79 Å². The van der Waals surface area contributed by atoms with E-state index in [4.69, 9.17) is 4.74 Å². The number of likely N-dealkylation sites (N-methyl/N-ethyl adjacent to an activating group) is 1. The van der Waals surface area contributed by atoms with Crippen LogP contribution in [0.2, 0.25) is 0 Å². The van der Waals surface area contributed by atoms with Gasteiger partial charge < -0.3 is 9.64 Å². The Morgan fingerprint density at radius 3 is 2.72 bits per heavy atom. The van der Waals surface area contributed by atoms with E-state index in [0.29, 0.717) is 18.8 Å². The minimum absolute atomic E-state index is 0.0908. The zero-order chi connectivity index (χ0) is 17.6. The van der Waals surface area contributed by atoms with Gasteiger partial charge in [-0.1, -0.05) is 24.3 Å². The number of hydrogen-bond donors (Lipinski definition) is 0. The van der Waals surface area contributed by atoms with Gasteiger partial charge in [0.2, 0.25) is 0 Å². The number of aromatic nitrogens is 3. The van der Waals surface area contributed by atoms with Crippen LogP contribution in [0.4, 0.5) is 0 Å². The number of rotatable bonds is 8. The molecular formula is C19H24N4O2. The highest BCUT2D eigenvalue weighted by Gasteiger charge is 2.07. The van der Waals surface area contributed by atoms with Crippen molar-refractivity contribution in [3.05, 3.63) is 64.7 Å². The van der Waals surface area contributed by atoms with Crippen molar-refractivity contribution in [2.45, 2.75) is 19.9 Å². The molecule has 0 spiro atoms. The Morgan fingerprint density at radius 2 is 1.92 bits per heavy atom. The van der Waals surface area contributed by atoms with Gasteiger partial charge in [-0.3, -0.25) is 4.40 Å². The second kappa shape index (κ2) is 7.98. The number of fused-ring (bicyclic) bond motifs is 1. The van der Waals surface area contributed by atoms with Crippen molar-refractivity contribution in [1.82, 2.24) is 19.1 Å². The number of benzene rings is 1. The molecule has 6 nitrogen and oxygen atoms in total. The predicted molar refractivity (Wildman–Crippen MR) is 98.2 cm³/mol. The molecule has 2 aromatic heterocycles. The summed E-state index contributed by atoms with van der Waals surface area (Å²) in [5, 5.41) is 4.35. The Kier molecular flexibility index (Phi) is 5.50. The van der Waals surface area contributed by atoms with Crippen LogP contribution < -0.4 is 10.4 Å². The first-order valence-corrected chi connectivity index (χ1v) is 8.56. The van der Waals surface area contributed by atoms with Crippen molar-refractivity contribution in [2.24, 2.45) is 0 Å². The predicted octanol–water partition coefficient (Wildman–Crippen LogP) is 2.21. The highest BCUT2D eigenvalue weighted by Crippen LogP contribution is 2.16. The summed E-state index contributed by atoms with van der Waals surface area (Å²) in [5.74, 6) is 0.946. The second-order valence-electron chi connectivity index (χ2n) is 6.21. The van der Waals surface area contributed by atoms with E-state index in [1.807, 2.05) is 49.4 Å². The molecule has 25 heavy (non-hydrogen) atoms. The zero-order valence-electron chi connectivity index (χ0n) is 14.8. The minimum Gasteiger partial charge on any atom is -0.493 e. The van der Waals surface area contributed by atoms with E-state index in [-0.39, 0.29) is 5.69 Å². The van der Waals surface area contributed by atoms with E-state index in [0.717, 1.165) is 30.8 Å². The average molecular weight is 340 g/mol. The maximum absolute atomic E-state index is 12.2. The first-order chi connectivity index (χ1) is 12.1. The Labute approximate surface area is 147 Å². The van der Waals surface area contributed by atoms with E-state index >= 15 is 0 Å². The molecule has 0 N–H and O–H groups in total. The van der Waals surface area contributed by atoms with E-state index < -0.39 is 0 Å². The van der Waals surface area contributed by atoms with Crippen molar-refractivity contribution in [3.63, 3.8) is 0 Å². The molecule has 0 saturated carbocycles. The summed E-state index contributed by atoms with van der Waals surface area (Å²) in [6.07, 6.45) is 2.68. The standard InChI is InChI=1S/C19H24N4O2/c1-16-8-3-4-9-17(16)25-15-7-11-21(2)13-14-23-19(24)22-12-6-5-10-18(22)20-23/h3-6,8-10,12H,7,11,13-15H2,1-2H3. The molecule has 0 aliphatic heterocycles. The van der Waals surface area contributed by atoms with Crippen LogP contribution in [-0.4, -0.2) is 45.8 Å². The lowest BCUT2D eigenvalue weighted by molar-refractivity contribution is 0.254. The molecule has 2 heterocycles. The van der Waals surface area contributed by atoms with Crippen molar-refractivity contribution in [2.75, 3.05) is 26.7 Å². The van der Waals surface area contributed by atoms with Gasteiger partial charge in [-0.05, 0) is 44.2 Å². The minimum atomic E-state index is -0.0908. The lowest BCUT2D eigenvalue weighted by Gasteiger charge is -2.16. The fourth-order valence-electron chi connectivity index (χ4n) is 2.73. The molecule has 3 aromatic rings. The van der Waals surface area contributed by atoms with Crippen molar-refractivity contribution in [1.29, 1.82) is 0 Å². The smallest absolute Gasteiger partial charge is 0.350 e. The maximum Gasteiger partial charge on any atom is 0.350 e. The van der Waals surface area contributed by atoms with E-state index in [2.05, 4.69) is 17.0 Å². The van der Waals surface area contributed by atoms with Gasteiger partial charge in [0.1, 0.15) is 5.75 Å². The second-order valence-corrected chi connectivity index (χ2v) is 6.21. The summed E-state index contributed by atoms with van der Waals surface area (Å²) in [7, 11) is 2.05. The summed E-state index contributed by atoms with van der Waals surface area (Å²) in [5.41, 5.74) is 1.75. The van der Waals surface area contributed by atoms with Gasteiger partial charge in [0, 0.05) is 19.3 Å². The third-order valence-electron chi connectivity index (χ3n) is 4.22. The molecule has 0 aliphatic rings. The molecule has 0 unspecified atom stereocenters. The average Bonchev–Trinajstić information content (AvgIpc) is 2.95. The molecule has 6 heteroatoms. The van der Waals surface area contributed by atoms with Crippen LogP contribution in [0.1, 0.15) is 12.0 Å². The number of nitrogens with zero attached hydrogens (tertiary/aromatic N) is 4. The number of aryl methyl sites for hydroxylation is 1. The van der Waals surface area contributed by atoms with Crippen molar-refractivity contribution in [3.8, 4) is 5.75 Å². The number of para-hydroxylation sites is 1. The highest BCUT2D eigenvalue weighted by molar-refractivity contribution is 5.35. The zero-order valence-corrected chi connectivity index (χ0v) is 14.8. The van der Waals surface area contributed by atoms with Gasteiger partial charge in [-0.15, -0.1) is 5.10 Å². The molecular weight excluding hydrogens is 316 g/mol. The first-order valence-electron chi connectivity index (χ1n) is 8.56. The Hall–Kier alpha value is -2.60. The Bertz CT molecular complexity index is 884. The SMILES string of the molecule is Cc1ccccc1OCCCN(C)CCn1nc2ccccn2c1=O. The quantitative estimate of drug-likeness (QED) is 0.590. The molecule has 132 valence electrons. The van der Waals surface area contributed by atoms with Gasteiger partial charge in [0.25, 0.3) is 0 Å². The first kappa shape index (κ1) is 17.2. The topological polar surface area (TPSA) is 51.8 Å². The lowest BCUT2D eigenvalue weighted by Crippen LogP contribution is -2.30. The molecule has 0 aliphatic carbocycles. The molecule has 0 radical (unpaired) electrons. The monoisotopic (exact) mass is 340 g/mol.